The van der Waals surface area contributed by atoms with Crippen LogP contribution >= 0.6 is 0 Å². The van der Waals surface area contributed by atoms with Crippen molar-refractivity contribution in [1.29, 1.82) is 0 Å². The molecule has 0 unspecified atom stereocenters. The maximum atomic E-state index is 4.58. The van der Waals surface area contributed by atoms with Crippen molar-refractivity contribution < 1.29 is 0 Å². The zero-order valence-corrected chi connectivity index (χ0v) is 15.0. The van der Waals surface area contributed by atoms with E-state index < -0.39 is 0 Å². The molecule has 0 bridgehead atoms. The van der Waals surface area contributed by atoms with Gasteiger partial charge in [-0.25, -0.2) is 4.98 Å². The second kappa shape index (κ2) is 7.42. The molecule has 124 valence electrons. The van der Waals surface area contributed by atoms with Crippen LogP contribution in [-0.2, 0) is 0 Å². The normalized spacial score (nSPS) is 10.9. The smallest absolute Gasteiger partial charge is 0.224 e. The molecule has 0 saturated carbocycles. The van der Waals surface area contributed by atoms with Crippen molar-refractivity contribution >= 4 is 17.5 Å². The van der Waals surface area contributed by atoms with Crippen LogP contribution in [-0.4, -0.2) is 42.1 Å². The molecule has 0 aliphatic rings. The van der Waals surface area contributed by atoms with E-state index in [0.29, 0.717) is 5.95 Å². The Balaban J connectivity index is 2.19. The first kappa shape index (κ1) is 17.2. The number of benzene rings is 1. The molecule has 2 N–H and O–H groups in total. The first-order chi connectivity index (χ1) is 10.8. The summed E-state index contributed by atoms with van der Waals surface area (Å²) in [5.74, 6) is 1.48. The van der Waals surface area contributed by atoms with Gasteiger partial charge in [0, 0.05) is 30.5 Å². The summed E-state index contributed by atoms with van der Waals surface area (Å²) in [4.78, 5) is 11.2. The highest BCUT2D eigenvalue weighted by atomic mass is 15.2. The van der Waals surface area contributed by atoms with Gasteiger partial charge in [0.15, 0.2) is 0 Å². The number of nitrogens with zero attached hydrogens (tertiary/aromatic N) is 3. The summed E-state index contributed by atoms with van der Waals surface area (Å²) in [7, 11) is 4.10. The third-order valence-corrected chi connectivity index (χ3v) is 3.63. The van der Waals surface area contributed by atoms with Gasteiger partial charge in [-0.05, 0) is 52.9 Å². The van der Waals surface area contributed by atoms with Gasteiger partial charge in [-0.1, -0.05) is 17.7 Å². The summed E-state index contributed by atoms with van der Waals surface area (Å²) in [5, 5.41) is 6.72. The minimum absolute atomic E-state index is 0.664. The largest absolute Gasteiger partial charge is 0.353 e. The third-order valence-electron chi connectivity index (χ3n) is 3.63. The number of likely N-dealkylation sites (N-methyl/N-ethyl adjacent to an activating group) is 1. The Labute approximate surface area is 139 Å². The van der Waals surface area contributed by atoms with Crippen molar-refractivity contribution in [3.63, 3.8) is 0 Å². The van der Waals surface area contributed by atoms with Crippen LogP contribution in [0.3, 0.4) is 0 Å². The average Bonchev–Trinajstić information content (AvgIpc) is 2.42. The predicted molar refractivity (Wildman–Crippen MR) is 97.7 cm³/mol. The van der Waals surface area contributed by atoms with Crippen LogP contribution in [0.2, 0.25) is 0 Å². The summed E-state index contributed by atoms with van der Waals surface area (Å²) in [6.07, 6.45) is 0. The van der Waals surface area contributed by atoms with E-state index in [1.54, 1.807) is 0 Å². The van der Waals surface area contributed by atoms with E-state index in [-0.39, 0.29) is 0 Å². The quantitative estimate of drug-likeness (QED) is 0.856. The van der Waals surface area contributed by atoms with Crippen molar-refractivity contribution in [3.05, 3.63) is 40.6 Å². The van der Waals surface area contributed by atoms with E-state index in [4.69, 9.17) is 0 Å². The van der Waals surface area contributed by atoms with Crippen LogP contribution < -0.4 is 10.6 Å². The number of anilines is 3. The second-order valence-corrected chi connectivity index (χ2v) is 6.35. The first-order valence-corrected chi connectivity index (χ1v) is 7.94. The van der Waals surface area contributed by atoms with Gasteiger partial charge >= 0.3 is 0 Å². The van der Waals surface area contributed by atoms with Gasteiger partial charge in [-0.2, -0.15) is 4.98 Å². The molecule has 0 amide bonds. The number of aromatic nitrogens is 2. The Morgan fingerprint density at radius 2 is 1.61 bits per heavy atom. The molecular formula is C18H27N5. The zero-order valence-electron chi connectivity index (χ0n) is 15.0. The summed E-state index contributed by atoms with van der Waals surface area (Å²) in [6, 6.07) is 6.33. The maximum absolute atomic E-state index is 4.58. The topological polar surface area (TPSA) is 53.1 Å². The Bertz CT molecular complexity index is 656. The van der Waals surface area contributed by atoms with Gasteiger partial charge in [0.1, 0.15) is 5.82 Å². The number of rotatable bonds is 6. The molecule has 0 fully saturated rings. The van der Waals surface area contributed by atoms with E-state index >= 15 is 0 Å². The Hall–Kier alpha value is -2.14. The van der Waals surface area contributed by atoms with Crippen molar-refractivity contribution in [2.45, 2.75) is 27.7 Å². The fourth-order valence-corrected chi connectivity index (χ4v) is 2.61. The highest BCUT2D eigenvalue weighted by Crippen LogP contribution is 2.25. The Kier molecular flexibility index (Phi) is 5.55. The molecule has 0 saturated heterocycles. The minimum Gasteiger partial charge on any atom is -0.353 e. The van der Waals surface area contributed by atoms with Crippen LogP contribution in [0.1, 0.15) is 22.4 Å². The average molecular weight is 313 g/mol. The molecule has 23 heavy (non-hydrogen) atoms. The Morgan fingerprint density at radius 1 is 0.957 bits per heavy atom. The number of hydrogen-bond donors (Lipinski definition) is 2. The molecular weight excluding hydrogens is 286 g/mol. The monoisotopic (exact) mass is 313 g/mol. The van der Waals surface area contributed by atoms with Crippen LogP contribution in [0.15, 0.2) is 18.2 Å². The van der Waals surface area contributed by atoms with E-state index in [1.807, 2.05) is 13.0 Å². The van der Waals surface area contributed by atoms with Crippen LogP contribution in [0.5, 0.6) is 0 Å². The molecule has 1 aromatic heterocycles. The second-order valence-electron chi connectivity index (χ2n) is 6.35. The lowest BCUT2D eigenvalue weighted by molar-refractivity contribution is 0.425. The van der Waals surface area contributed by atoms with Gasteiger partial charge < -0.3 is 15.5 Å². The van der Waals surface area contributed by atoms with Gasteiger partial charge in [0.05, 0.1) is 0 Å². The molecule has 0 aliphatic heterocycles. The number of aryl methyl sites for hydroxylation is 4. The standard InChI is InChI=1S/C18H27N5/c1-12-9-13(2)17(14(3)10-12)21-16-11-15(4)20-18(22-16)19-7-8-23(5)6/h9-11H,7-8H2,1-6H3,(H2,19,20,21,22). The third kappa shape index (κ3) is 4.93. The van der Waals surface area contributed by atoms with E-state index in [0.717, 1.165) is 30.3 Å². The van der Waals surface area contributed by atoms with Gasteiger partial charge in [-0.15, -0.1) is 0 Å². The van der Waals surface area contributed by atoms with Gasteiger partial charge in [0.2, 0.25) is 5.95 Å². The van der Waals surface area contributed by atoms with Crippen LogP contribution in [0.25, 0.3) is 0 Å². The van der Waals surface area contributed by atoms with Gasteiger partial charge in [0.25, 0.3) is 0 Å². The van der Waals surface area contributed by atoms with Crippen molar-refractivity contribution in [3.8, 4) is 0 Å². The highest BCUT2D eigenvalue weighted by molar-refractivity contribution is 5.65. The van der Waals surface area contributed by atoms with E-state index in [1.165, 1.54) is 16.7 Å². The first-order valence-electron chi connectivity index (χ1n) is 7.94. The number of hydrogen-bond acceptors (Lipinski definition) is 5. The van der Waals surface area contributed by atoms with Crippen molar-refractivity contribution in [1.82, 2.24) is 14.9 Å². The summed E-state index contributed by atoms with van der Waals surface area (Å²) in [5.41, 5.74) is 5.78. The Morgan fingerprint density at radius 3 is 2.22 bits per heavy atom. The molecule has 0 atom stereocenters. The summed E-state index contributed by atoms with van der Waals surface area (Å²) >= 11 is 0. The van der Waals surface area contributed by atoms with Crippen molar-refractivity contribution in [2.75, 3.05) is 37.8 Å². The van der Waals surface area contributed by atoms with Gasteiger partial charge in [-0.3, -0.25) is 0 Å². The molecule has 5 heteroatoms. The lowest BCUT2D eigenvalue weighted by Crippen LogP contribution is -2.21. The molecule has 1 aromatic carbocycles. The summed E-state index contributed by atoms with van der Waals surface area (Å²) in [6.45, 7) is 10.1. The summed E-state index contributed by atoms with van der Waals surface area (Å²) < 4.78 is 0. The predicted octanol–water partition coefficient (Wildman–Crippen LogP) is 3.43. The highest BCUT2D eigenvalue weighted by Gasteiger charge is 2.07. The molecule has 1 heterocycles. The van der Waals surface area contributed by atoms with E-state index in [2.05, 4.69) is 72.5 Å². The van der Waals surface area contributed by atoms with E-state index in [9.17, 15) is 0 Å². The molecule has 2 aromatic rings. The lowest BCUT2D eigenvalue weighted by atomic mass is 10.1. The maximum Gasteiger partial charge on any atom is 0.224 e. The minimum atomic E-state index is 0.664. The fraction of sp³-hybridized carbons (Fsp3) is 0.444. The molecule has 2 rings (SSSR count). The van der Waals surface area contributed by atoms with Crippen molar-refractivity contribution in [2.24, 2.45) is 0 Å². The molecule has 5 nitrogen and oxygen atoms in total. The zero-order chi connectivity index (χ0) is 17.0. The molecule has 0 aliphatic carbocycles. The van der Waals surface area contributed by atoms with Crippen LogP contribution in [0, 0.1) is 27.7 Å². The number of nitrogens with one attached hydrogen (secondary N) is 2. The fourth-order valence-electron chi connectivity index (χ4n) is 2.61. The molecule has 0 radical (unpaired) electrons. The SMILES string of the molecule is Cc1cc(C)c(Nc2cc(C)nc(NCCN(C)C)n2)c(C)c1. The molecule has 0 spiro atoms. The van der Waals surface area contributed by atoms with Crippen LogP contribution in [0.4, 0.5) is 17.5 Å². The lowest BCUT2D eigenvalue weighted by Gasteiger charge is -2.15.